The number of nitrogens with one attached hydrogen (secondary N) is 1. The summed E-state index contributed by atoms with van der Waals surface area (Å²) < 4.78 is 0.870. The predicted octanol–water partition coefficient (Wildman–Crippen LogP) is 3.49. The van der Waals surface area contributed by atoms with Crippen molar-refractivity contribution in [3.63, 3.8) is 0 Å². The van der Waals surface area contributed by atoms with Crippen molar-refractivity contribution in [2.75, 3.05) is 0 Å². The van der Waals surface area contributed by atoms with Gasteiger partial charge in [0.25, 0.3) is 0 Å². The molecule has 4 heteroatoms. The van der Waals surface area contributed by atoms with Crippen LogP contribution in [-0.4, -0.2) is 10.2 Å². The van der Waals surface area contributed by atoms with Crippen LogP contribution in [0.1, 0.15) is 0 Å². The number of benzene rings is 1. The average molecular weight is 258 g/mol. The molecule has 0 aliphatic heterocycles. The minimum absolute atomic E-state index is 0.727. The van der Waals surface area contributed by atoms with Gasteiger partial charge in [-0.2, -0.15) is 5.10 Å². The molecule has 0 saturated carbocycles. The lowest BCUT2D eigenvalue weighted by molar-refractivity contribution is 1.07. The molecule has 0 aliphatic carbocycles. The molecule has 0 fully saturated rings. The number of aromatic amines is 1. The normalized spacial score (nSPS) is 10.3. The third-order valence-electron chi connectivity index (χ3n) is 1.73. The second kappa shape index (κ2) is 3.52. The lowest BCUT2D eigenvalue weighted by atomic mass is 10.1. The predicted molar refractivity (Wildman–Crippen MR) is 56.7 cm³/mol. The van der Waals surface area contributed by atoms with E-state index in [0.717, 1.165) is 20.8 Å². The Labute approximate surface area is 89.1 Å². The minimum atomic E-state index is 0.727. The van der Waals surface area contributed by atoms with Crippen LogP contribution in [0.15, 0.2) is 35.1 Å². The second-order valence-electron chi connectivity index (χ2n) is 2.61. The Bertz CT molecular complexity index is 425. The molecule has 1 N–H and O–H groups in total. The zero-order valence-corrected chi connectivity index (χ0v) is 8.93. The maximum atomic E-state index is 5.87. The summed E-state index contributed by atoms with van der Waals surface area (Å²) in [4.78, 5) is 0. The van der Waals surface area contributed by atoms with Gasteiger partial charge in [-0.15, -0.1) is 0 Å². The van der Waals surface area contributed by atoms with E-state index >= 15 is 0 Å². The van der Waals surface area contributed by atoms with Crippen molar-refractivity contribution in [1.82, 2.24) is 10.2 Å². The smallest absolute Gasteiger partial charge is 0.108 e. The fourth-order valence-corrected chi connectivity index (χ4v) is 1.75. The van der Waals surface area contributed by atoms with Gasteiger partial charge < -0.3 is 0 Å². The molecule has 2 nitrogen and oxygen atoms in total. The van der Waals surface area contributed by atoms with Crippen LogP contribution in [0.2, 0.25) is 5.02 Å². The molecule has 0 radical (unpaired) electrons. The van der Waals surface area contributed by atoms with E-state index in [1.807, 2.05) is 24.3 Å². The van der Waals surface area contributed by atoms with Crippen LogP contribution in [0, 0.1) is 0 Å². The lowest BCUT2D eigenvalue weighted by Gasteiger charge is -1.97. The zero-order chi connectivity index (χ0) is 9.26. The highest BCUT2D eigenvalue weighted by Crippen LogP contribution is 2.27. The van der Waals surface area contributed by atoms with Crippen molar-refractivity contribution in [2.24, 2.45) is 0 Å². The lowest BCUT2D eigenvalue weighted by Crippen LogP contribution is -1.74. The first-order valence-electron chi connectivity index (χ1n) is 3.72. The van der Waals surface area contributed by atoms with Gasteiger partial charge in [0.1, 0.15) is 4.60 Å². The van der Waals surface area contributed by atoms with Gasteiger partial charge in [0.2, 0.25) is 0 Å². The largest absolute Gasteiger partial charge is 0.271 e. The van der Waals surface area contributed by atoms with E-state index in [1.165, 1.54) is 0 Å². The molecule has 1 aromatic carbocycles. The van der Waals surface area contributed by atoms with Crippen LogP contribution >= 0.6 is 27.5 Å². The third-order valence-corrected chi connectivity index (χ3v) is 2.57. The van der Waals surface area contributed by atoms with E-state index in [4.69, 9.17) is 11.6 Å². The molecular weight excluding hydrogens is 251 g/mol. The second-order valence-corrected chi connectivity index (χ2v) is 3.84. The van der Waals surface area contributed by atoms with Gasteiger partial charge in [0.15, 0.2) is 0 Å². The van der Waals surface area contributed by atoms with Crippen molar-refractivity contribution >= 4 is 27.5 Å². The Morgan fingerprint density at radius 1 is 1.38 bits per heavy atom. The van der Waals surface area contributed by atoms with E-state index in [2.05, 4.69) is 26.1 Å². The van der Waals surface area contributed by atoms with Crippen molar-refractivity contribution in [3.8, 4) is 11.1 Å². The summed E-state index contributed by atoms with van der Waals surface area (Å²) in [5.74, 6) is 0. The highest BCUT2D eigenvalue weighted by Gasteiger charge is 2.04. The molecule has 2 rings (SSSR count). The monoisotopic (exact) mass is 256 g/mol. The number of halogens is 2. The summed E-state index contributed by atoms with van der Waals surface area (Å²) in [7, 11) is 0. The number of aromatic nitrogens is 2. The van der Waals surface area contributed by atoms with Gasteiger partial charge >= 0.3 is 0 Å². The Kier molecular flexibility index (Phi) is 2.38. The van der Waals surface area contributed by atoms with Crippen molar-refractivity contribution in [2.45, 2.75) is 0 Å². The summed E-state index contributed by atoms with van der Waals surface area (Å²) in [5.41, 5.74) is 2.07. The third kappa shape index (κ3) is 1.76. The molecule has 2 aromatic rings. The van der Waals surface area contributed by atoms with Gasteiger partial charge in [-0.25, -0.2) is 0 Å². The molecule has 0 spiro atoms. The average Bonchev–Trinajstić information content (AvgIpc) is 2.51. The number of rotatable bonds is 1. The summed E-state index contributed by atoms with van der Waals surface area (Å²) in [6, 6.07) is 7.65. The summed E-state index contributed by atoms with van der Waals surface area (Å²) in [6.45, 7) is 0. The summed E-state index contributed by atoms with van der Waals surface area (Å²) in [5, 5.41) is 7.45. The molecule has 0 unspecified atom stereocenters. The van der Waals surface area contributed by atoms with Gasteiger partial charge in [0, 0.05) is 10.6 Å². The molecule has 0 bridgehead atoms. The van der Waals surface area contributed by atoms with E-state index < -0.39 is 0 Å². The van der Waals surface area contributed by atoms with Crippen molar-refractivity contribution in [1.29, 1.82) is 0 Å². The topological polar surface area (TPSA) is 28.7 Å². The van der Waals surface area contributed by atoms with Crippen molar-refractivity contribution < 1.29 is 0 Å². The van der Waals surface area contributed by atoms with Crippen LogP contribution in [-0.2, 0) is 0 Å². The summed E-state index contributed by atoms with van der Waals surface area (Å²) >= 11 is 9.23. The van der Waals surface area contributed by atoms with Crippen LogP contribution in [0.3, 0.4) is 0 Å². The molecule has 0 aliphatic rings. The van der Waals surface area contributed by atoms with Gasteiger partial charge in [-0.1, -0.05) is 23.7 Å². The maximum Gasteiger partial charge on any atom is 0.108 e. The maximum absolute atomic E-state index is 5.87. The number of hydrogen-bond donors (Lipinski definition) is 1. The fourth-order valence-electron chi connectivity index (χ4n) is 1.13. The van der Waals surface area contributed by atoms with E-state index in [0.29, 0.717) is 0 Å². The molecule has 0 saturated heterocycles. The van der Waals surface area contributed by atoms with E-state index in [9.17, 15) is 0 Å². The molecule has 0 atom stereocenters. The molecule has 1 aromatic heterocycles. The fraction of sp³-hybridized carbons (Fsp3) is 0. The molecule has 1 heterocycles. The standard InChI is InChI=1S/C9H6BrClN2/c10-9-8(5-12-13-9)6-2-1-3-7(11)4-6/h1-5H,(H,12,13). The Hall–Kier alpha value is -0.800. The van der Waals surface area contributed by atoms with Gasteiger partial charge in [0.05, 0.1) is 6.20 Å². The SMILES string of the molecule is Clc1cccc(-c2cn[nH]c2Br)c1. The highest BCUT2D eigenvalue weighted by atomic mass is 79.9. The quantitative estimate of drug-likeness (QED) is 0.832. The first kappa shape index (κ1) is 8.78. The van der Waals surface area contributed by atoms with E-state index in [-0.39, 0.29) is 0 Å². The Morgan fingerprint density at radius 3 is 2.85 bits per heavy atom. The van der Waals surface area contributed by atoms with Crippen LogP contribution in [0.25, 0.3) is 11.1 Å². The van der Waals surface area contributed by atoms with Crippen LogP contribution < -0.4 is 0 Å². The van der Waals surface area contributed by atoms with E-state index in [1.54, 1.807) is 6.20 Å². The molecule has 0 amide bonds. The first-order chi connectivity index (χ1) is 6.27. The summed E-state index contributed by atoms with van der Waals surface area (Å²) in [6.07, 6.45) is 1.76. The van der Waals surface area contributed by atoms with Gasteiger partial charge in [-0.05, 0) is 33.6 Å². The van der Waals surface area contributed by atoms with Crippen molar-refractivity contribution in [3.05, 3.63) is 40.1 Å². The number of nitrogens with zero attached hydrogens (tertiary/aromatic N) is 1. The molecule has 66 valence electrons. The number of hydrogen-bond acceptors (Lipinski definition) is 1. The number of H-pyrrole nitrogens is 1. The Balaban J connectivity index is 2.53. The van der Waals surface area contributed by atoms with Crippen LogP contribution in [0.4, 0.5) is 0 Å². The molecular formula is C9H6BrClN2. The molecule has 13 heavy (non-hydrogen) atoms. The first-order valence-corrected chi connectivity index (χ1v) is 4.89. The van der Waals surface area contributed by atoms with Gasteiger partial charge in [-0.3, -0.25) is 5.10 Å². The zero-order valence-electron chi connectivity index (χ0n) is 6.59. The minimum Gasteiger partial charge on any atom is -0.271 e. The Morgan fingerprint density at radius 2 is 2.23 bits per heavy atom. The highest BCUT2D eigenvalue weighted by molar-refractivity contribution is 9.10. The van der Waals surface area contributed by atoms with Crippen LogP contribution in [0.5, 0.6) is 0 Å².